The molecule has 9 heteroatoms. The normalized spacial score (nSPS) is 14.6. The summed E-state index contributed by atoms with van der Waals surface area (Å²) < 4.78 is 17.3. The number of para-hydroxylation sites is 1. The maximum absolute atomic E-state index is 13.3. The van der Waals surface area contributed by atoms with Gasteiger partial charge in [-0.15, -0.1) is 5.10 Å². The Kier molecular flexibility index (Phi) is 6.00. The van der Waals surface area contributed by atoms with Crippen molar-refractivity contribution in [3.8, 4) is 0 Å². The Morgan fingerprint density at radius 3 is 2.53 bits per heavy atom. The van der Waals surface area contributed by atoms with Crippen molar-refractivity contribution in [1.29, 1.82) is 0 Å². The van der Waals surface area contributed by atoms with Crippen LogP contribution in [0.2, 0.25) is 0 Å². The molecule has 4 aromatic rings. The zero-order valence-corrected chi connectivity index (χ0v) is 18.7. The second-order valence-electron chi connectivity index (χ2n) is 8.83. The Bertz CT molecular complexity index is 1460. The molecule has 34 heavy (non-hydrogen) atoms. The molecule has 176 valence electrons. The minimum absolute atomic E-state index is 0.110. The first-order valence-electron chi connectivity index (χ1n) is 11.7. The summed E-state index contributed by atoms with van der Waals surface area (Å²) in [7, 11) is 0. The van der Waals surface area contributed by atoms with Gasteiger partial charge in [0.15, 0.2) is 0 Å². The summed E-state index contributed by atoms with van der Waals surface area (Å²) >= 11 is 0. The van der Waals surface area contributed by atoms with Gasteiger partial charge in [0.05, 0.1) is 17.4 Å². The van der Waals surface area contributed by atoms with E-state index in [1.165, 1.54) is 32.2 Å². The smallest absolute Gasteiger partial charge is 0.352 e. The number of fused-ring (bicyclic) bond motifs is 3. The summed E-state index contributed by atoms with van der Waals surface area (Å²) in [5.41, 5.74) is 0.459. The first kappa shape index (κ1) is 22.1. The van der Waals surface area contributed by atoms with Crippen LogP contribution in [0.1, 0.15) is 44.1 Å². The third-order valence-corrected chi connectivity index (χ3v) is 6.46. The summed E-state index contributed by atoms with van der Waals surface area (Å²) in [6, 6.07) is 12.9. The minimum atomic E-state index is -0.407. The molecule has 1 amide bonds. The number of carbonyl (C=O) groups excluding carboxylic acids is 1. The molecular formula is C25H26FN5O3. The van der Waals surface area contributed by atoms with E-state index in [4.69, 9.17) is 0 Å². The van der Waals surface area contributed by atoms with Gasteiger partial charge in [0.25, 0.3) is 5.56 Å². The highest BCUT2D eigenvalue weighted by molar-refractivity contribution is 5.80. The number of rotatable bonds is 6. The molecule has 5 rings (SSSR count). The Morgan fingerprint density at radius 1 is 1.03 bits per heavy atom. The molecule has 1 aliphatic rings. The molecule has 2 aromatic heterocycles. The molecule has 0 radical (unpaired) electrons. The molecule has 2 heterocycles. The maximum Gasteiger partial charge on any atom is 0.352 e. The molecule has 1 fully saturated rings. The lowest BCUT2D eigenvalue weighted by molar-refractivity contribution is -0.122. The number of halogens is 1. The molecule has 0 atom stereocenters. The van der Waals surface area contributed by atoms with Crippen LogP contribution in [0, 0.1) is 5.82 Å². The third kappa shape index (κ3) is 4.25. The topological polar surface area (TPSA) is 90.4 Å². The monoisotopic (exact) mass is 463 g/mol. The molecule has 0 aliphatic heterocycles. The number of carbonyl (C=O) groups is 1. The van der Waals surface area contributed by atoms with Crippen molar-refractivity contribution in [2.24, 2.45) is 0 Å². The maximum atomic E-state index is 13.3. The molecule has 1 aliphatic carbocycles. The van der Waals surface area contributed by atoms with Gasteiger partial charge in [-0.1, -0.05) is 43.5 Å². The first-order chi connectivity index (χ1) is 16.5. The summed E-state index contributed by atoms with van der Waals surface area (Å²) in [4.78, 5) is 39.1. The third-order valence-electron chi connectivity index (χ3n) is 6.46. The van der Waals surface area contributed by atoms with E-state index in [1.807, 2.05) is 0 Å². The van der Waals surface area contributed by atoms with Gasteiger partial charge in [0, 0.05) is 19.0 Å². The number of aromatic nitrogens is 4. The molecular weight excluding hydrogens is 437 g/mol. The number of hydrogen-bond donors (Lipinski definition) is 1. The highest BCUT2D eigenvalue weighted by Gasteiger charge is 2.19. The highest BCUT2D eigenvalue weighted by atomic mass is 19.1. The lowest BCUT2D eigenvalue weighted by Crippen LogP contribution is -2.37. The predicted molar refractivity (Wildman–Crippen MR) is 126 cm³/mol. The van der Waals surface area contributed by atoms with Crippen LogP contribution in [-0.2, 0) is 17.9 Å². The van der Waals surface area contributed by atoms with E-state index in [0.717, 1.165) is 25.7 Å². The van der Waals surface area contributed by atoms with E-state index in [9.17, 15) is 18.8 Å². The Labute approximate surface area is 194 Å². The number of nitrogens with zero attached hydrogens (tertiary/aromatic N) is 4. The van der Waals surface area contributed by atoms with E-state index < -0.39 is 5.69 Å². The zero-order chi connectivity index (χ0) is 23.7. The van der Waals surface area contributed by atoms with Crippen LogP contribution in [0.25, 0.3) is 16.7 Å². The molecule has 2 aromatic carbocycles. The Balaban J connectivity index is 1.51. The van der Waals surface area contributed by atoms with E-state index in [1.54, 1.807) is 36.4 Å². The van der Waals surface area contributed by atoms with Crippen LogP contribution in [0.4, 0.5) is 4.39 Å². The quantitative estimate of drug-likeness (QED) is 0.476. The predicted octanol–water partition coefficient (Wildman–Crippen LogP) is 2.84. The Hall–Kier alpha value is -3.75. The van der Waals surface area contributed by atoms with Crippen LogP contribution < -0.4 is 16.6 Å². The van der Waals surface area contributed by atoms with Gasteiger partial charge in [0.1, 0.15) is 5.82 Å². The summed E-state index contributed by atoms with van der Waals surface area (Å²) in [5.74, 6) is -0.295. The average Bonchev–Trinajstić information content (AvgIpc) is 3.17. The van der Waals surface area contributed by atoms with Crippen molar-refractivity contribution in [3.63, 3.8) is 0 Å². The van der Waals surface area contributed by atoms with E-state index in [0.29, 0.717) is 16.5 Å². The summed E-state index contributed by atoms with van der Waals surface area (Å²) in [6.07, 6.45) is 5.51. The molecule has 0 bridgehead atoms. The van der Waals surface area contributed by atoms with Crippen LogP contribution >= 0.6 is 0 Å². The highest BCUT2D eigenvalue weighted by Crippen LogP contribution is 2.17. The van der Waals surface area contributed by atoms with Crippen LogP contribution in [0.5, 0.6) is 0 Å². The molecule has 8 nitrogen and oxygen atoms in total. The van der Waals surface area contributed by atoms with Gasteiger partial charge in [-0.05, 0) is 42.7 Å². The summed E-state index contributed by atoms with van der Waals surface area (Å²) in [5, 5.41) is 7.89. The number of hydrogen-bond acceptors (Lipinski definition) is 4. The minimum Gasteiger partial charge on any atom is -0.353 e. The second-order valence-corrected chi connectivity index (χ2v) is 8.83. The fourth-order valence-corrected chi connectivity index (χ4v) is 4.70. The van der Waals surface area contributed by atoms with Crippen molar-refractivity contribution in [1.82, 2.24) is 24.1 Å². The fraction of sp³-hybridized carbons (Fsp3) is 0.360. The zero-order valence-electron chi connectivity index (χ0n) is 18.7. The number of benzene rings is 2. The molecule has 1 saturated carbocycles. The van der Waals surface area contributed by atoms with Crippen LogP contribution in [0.3, 0.4) is 0 Å². The standard InChI is InChI=1S/C25H26FN5O3/c26-18-12-10-17(11-13-18)16-30-25(34)31-21-9-5-4-8-20(21)23(33)29(24(31)28-30)15-14-22(32)27-19-6-2-1-3-7-19/h4-5,8-13,19H,1-3,6-7,14-16H2,(H,27,32). The lowest BCUT2D eigenvalue weighted by atomic mass is 9.95. The summed E-state index contributed by atoms with van der Waals surface area (Å²) in [6.45, 7) is 0.240. The number of amides is 1. The van der Waals surface area contributed by atoms with Gasteiger partial charge < -0.3 is 5.32 Å². The number of aryl methyl sites for hydroxylation is 1. The number of nitrogens with one attached hydrogen (secondary N) is 1. The van der Waals surface area contributed by atoms with Crippen molar-refractivity contribution in [2.45, 2.75) is 57.7 Å². The van der Waals surface area contributed by atoms with E-state index in [-0.39, 0.29) is 48.6 Å². The Morgan fingerprint density at radius 2 is 1.76 bits per heavy atom. The van der Waals surface area contributed by atoms with Crippen molar-refractivity contribution < 1.29 is 9.18 Å². The lowest BCUT2D eigenvalue weighted by Gasteiger charge is -2.22. The SMILES string of the molecule is O=C(CCn1c(=O)c2ccccc2n2c(=O)n(Cc3ccc(F)cc3)nc12)NC1CCCCC1. The van der Waals surface area contributed by atoms with Crippen LogP contribution in [-0.4, -0.2) is 30.7 Å². The molecule has 1 N–H and O–H groups in total. The van der Waals surface area contributed by atoms with Crippen LogP contribution in [0.15, 0.2) is 58.1 Å². The first-order valence-corrected chi connectivity index (χ1v) is 11.7. The fourth-order valence-electron chi connectivity index (χ4n) is 4.70. The van der Waals surface area contributed by atoms with E-state index >= 15 is 0 Å². The van der Waals surface area contributed by atoms with Gasteiger partial charge >= 0.3 is 5.69 Å². The van der Waals surface area contributed by atoms with Crippen molar-refractivity contribution >= 4 is 22.6 Å². The molecule has 0 unspecified atom stereocenters. The second kappa shape index (κ2) is 9.24. The molecule has 0 spiro atoms. The van der Waals surface area contributed by atoms with E-state index in [2.05, 4.69) is 10.4 Å². The van der Waals surface area contributed by atoms with Gasteiger partial charge in [-0.25, -0.2) is 18.3 Å². The largest absolute Gasteiger partial charge is 0.353 e. The average molecular weight is 464 g/mol. The van der Waals surface area contributed by atoms with Crippen molar-refractivity contribution in [3.05, 3.63) is 80.7 Å². The van der Waals surface area contributed by atoms with Gasteiger partial charge in [-0.3, -0.25) is 14.2 Å². The van der Waals surface area contributed by atoms with Gasteiger partial charge in [0.2, 0.25) is 11.7 Å². The van der Waals surface area contributed by atoms with Gasteiger partial charge in [-0.2, -0.15) is 0 Å². The van der Waals surface area contributed by atoms with Crippen molar-refractivity contribution in [2.75, 3.05) is 0 Å². The molecule has 0 saturated heterocycles.